The summed E-state index contributed by atoms with van der Waals surface area (Å²) in [6.45, 7) is 1.55. The van der Waals surface area contributed by atoms with E-state index < -0.39 is 15.0 Å². The van der Waals surface area contributed by atoms with Gasteiger partial charge in [-0.15, -0.1) is 0 Å². The van der Waals surface area contributed by atoms with Gasteiger partial charge in [0, 0.05) is 11.1 Å². The minimum atomic E-state index is -4.12. The van der Waals surface area contributed by atoms with E-state index in [2.05, 4.69) is 0 Å². The molecule has 0 aliphatic rings. The molecule has 0 N–H and O–H groups in total. The maximum absolute atomic E-state index is 12.2. The predicted octanol–water partition coefficient (Wildman–Crippen LogP) is 3.32. The molecule has 21 heavy (non-hydrogen) atoms. The Hall–Kier alpha value is -2.12. The second kappa shape index (κ2) is 5.71. The lowest BCUT2D eigenvalue weighted by Crippen LogP contribution is -2.11. The van der Waals surface area contributed by atoms with E-state index >= 15 is 0 Å². The zero-order chi connectivity index (χ0) is 15.6. The molecule has 2 aromatic carbocycles. The molecule has 6 nitrogen and oxygen atoms in total. The summed E-state index contributed by atoms with van der Waals surface area (Å²) < 4.78 is 29.3. The van der Waals surface area contributed by atoms with Crippen LogP contribution in [0.1, 0.15) is 5.56 Å². The molecule has 0 unspecified atom stereocenters. The quantitative estimate of drug-likeness (QED) is 0.488. The predicted molar refractivity (Wildman–Crippen MR) is 77.1 cm³/mol. The molecule has 0 aliphatic heterocycles. The molecule has 110 valence electrons. The lowest BCUT2D eigenvalue weighted by Gasteiger charge is -2.10. The Bertz CT molecular complexity index is 804. The van der Waals surface area contributed by atoms with Crippen LogP contribution in [0.5, 0.6) is 5.75 Å². The van der Waals surface area contributed by atoms with E-state index in [1.807, 2.05) is 0 Å². The second-order valence-corrected chi connectivity index (χ2v) is 6.08. The van der Waals surface area contributed by atoms with Crippen molar-refractivity contribution in [2.75, 3.05) is 0 Å². The van der Waals surface area contributed by atoms with Crippen LogP contribution >= 0.6 is 11.6 Å². The van der Waals surface area contributed by atoms with E-state index in [1.165, 1.54) is 30.3 Å². The monoisotopic (exact) mass is 327 g/mol. The molecule has 0 saturated carbocycles. The van der Waals surface area contributed by atoms with Gasteiger partial charge in [0.05, 0.1) is 11.0 Å². The van der Waals surface area contributed by atoms with Crippen molar-refractivity contribution in [2.45, 2.75) is 11.8 Å². The fraction of sp³-hybridized carbons (Fsp3) is 0.0769. The van der Waals surface area contributed by atoms with Gasteiger partial charge in [-0.25, -0.2) is 0 Å². The number of halogens is 1. The third-order valence-corrected chi connectivity index (χ3v) is 4.52. The first-order chi connectivity index (χ1) is 9.81. The molecular formula is C13H10ClNO5S. The van der Waals surface area contributed by atoms with Crippen LogP contribution < -0.4 is 4.18 Å². The summed E-state index contributed by atoms with van der Waals surface area (Å²) in [5, 5.41) is 11.0. The van der Waals surface area contributed by atoms with Crippen LogP contribution in [-0.2, 0) is 10.1 Å². The molecule has 0 aromatic heterocycles. The Morgan fingerprint density at radius 1 is 1.19 bits per heavy atom. The Morgan fingerprint density at radius 3 is 2.52 bits per heavy atom. The van der Waals surface area contributed by atoms with E-state index in [0.717, 1.165) is 6.07 Å². The van der Waals surface area contributed by atoms with E-state index in [-0.39, 0.29) is 16.3 Å². The SMILES string of the molecule is Cc1c(Cl)cccc1S(=O)(=O)Oc1cccc([N+](=O)[O-])c1. The van der Waals surface area contributed by atoms with Crippen LogP contribution in [-0.4, -0.2) is 13.3 Å². The third kappa shape index (κ3) is 3.32. The van der Waals surface area contributed by atoms with Gasteiger partial charge in [0.25, 0.3) is 5.69 Å². The molecule has 8 heteroatoms. The number of nitro benzene ring substituents is 1. The van der Waals surface area contributed by atoms with Crippen molar-refractivity contribution in [1.82, 2.24) is 0 Å². The van der Waals surface area contributed by atoms with Crippen LogP contribution in [0.15, 0.2) is 47.4 Å². The van der Waals surface area contributed by atoms with Crippen molar-refractivity contribution in [3.05, 3.63) is 63.2 Å². The summed E-state index contributed by atoms with van der Waals surface area (Å²) in [6, 6.07) is 9.34. The number of hydrogen-bond acceptors (Lipinski definition) is 5. The Labute approximate surface area is 126 Å². The van der Waals surface area contributed by atoms with Crippen LogP contribution in [0.3, 0.4) is 0 Å². The fourth-order valence-electron chi connectivity index (χ4n) is 1.68. The van der Waals surface area contributed by atoms with Gasteiger partial charge in [-0.05, 0) is 30.7 Å². The number of non-ortho nitro benzene ring substituents is 1. The highest BCUT2D eigenvalue weighted by atomic mass is 35.5. The molecule has 0 fully saturated rings. The van der Waals surface area contributed by atoms with Gasteiger partial charge >= 0.3 is 10.1 Å². The number of nitro groups is 1. The van der Waals surface area contributed by atoms with Crippen LogP contribution in [0, 0.1) is 17.0 Å². The molecule has 0 atom stereocenters. The molecule has 0 amide bonds. The number of nitrogens with zero attached hydrogens (tertiary/aromatic N) is 1. The lowest BCUT2D eigenvalue weighted by molar-refractivity contribution is -0.384. The van der Waals surface area contributed by atoms with E-state index in [4.69, 9.17) is 15.8 Å². The topological polar surface area (TPSA) is 86.5 Å². The molecule has 0 spiro atoms. The summed E-state index contributed by atoms with van der Waals surface area (Å²) in [7, 11) is -4.12. The smallest absolute Gasteiger partial charge is 0.339 e. The van der Waals surface area contributed by atoms with Gasteiger partial charge in [0.2, 0.25) is 0 Å². The van der Waals surface area contributed by atoms with Crippen LogP contribution in [0.25, 0.3) is 0 Å². The highest BCUT2D eigenvalue weighted by Crippen LogP contribution is 2.27. The van der Waals surface area contributed by atoms with Crippen molar-refractivity contribution in [3.8, 4) is 5.75 Å². The van der Waals surface area contributed by atoms with Gasteiger partial charge in [-0.3, -0.25) is 10.1 Å². The third-order valence-electron chi connectivity index (χ3n) is 2.72. The minimum absolute atomic E-state index is 0.0819. The Balaban J connectivity index is 2.40. The van der Waals surface area contributed by atoms with Gasteiger partial charge < -0.3 is 4.18 Å². The second-order valence-electron chi connectivity index (χ2n) is 4.15. The molecule has 0 bridgehead atoms. The van der Waals surface area contributed by atoms with Crippen molar-refractivity contribution in [3.63, 3.8) is 0 Å². The summed E-state index contributed by atoms with van der Waals surface area (Å²) in [4.78, 5) is 9.95. The van der Waals surface area contributed by atoms with Crippen molar-refractivity contribution < 1.29 is 17.5 Å². The first-order valence-electron chi connectivity index (χ1n) is 5.75. The average molecular weight is 328 g/mol. The van der Waals surface area contributed by atoms with Gasteiger partial charge in [0.15, 0.2) is 0 Å². The Morgan fingerprint density at radius 2 is 1.86 bits per heavy atom. The fourth-order valence-corrected chi connectivity index (χ4v) is 3.09. The lowest BCUT2D eigenvalue weighted by atomic mass is 10.2. The van der Waals surface area contributed by atoms with E-state index in [9.17, 15) is 18.5 Å². The maximum atomic E-state index is 12.2. The number of rotatable bonds is 4. The van der Waals surface area contributed by atoms with Crippen LogP contribution in [0.2, 0.25) is 5.02 Å². The average Bonchev–Trinajstić information content (AvgIpc) is 2.41. The summed E-state index contributed by atoms with van der Waals surface area (Å²) in [5.74, 6) is -0.136. The number of hydrogen-bond donors (Lipinski definition) is 0. The highest BCUT2D eigenvalue weighted by molar-refractivity contribution is 7.87. The summed E-state index contributed by atoms with van der Waals surface area (Å²) in [5.41, 5.74) is 0.0927. The zero-order valence-electron chi connectivity index (χ0n) is 10.8. The molecule has 0 saturated heterocycles. The highest BCUT2D eigenvalue weighted by Gasteiger charge is 2.21. The van der Waals surface area contributed by atoms with Crippen molar-refractivity contribution in [1.29, 1.82) is 0 Å². The maximum Gasteiger partial charge on any atom is 0.339 e. The van der Waals surface area contributed by atoms with E-state index in [1.54, 1.807) is 13.0 Å². The largest absolute Gasteiger partial charge is 0.379 e. The standard InChI is InChI=1S/C13H10ClNO5S/c1-9-12(14)6-3-7-13(9)21(18,19)20-11-5-2-4-10(8-11)15(16)17/h2-8H,1H3. The van der Waals surface area contributed by atoms with E-state index in [0.29, 0.717) is 10.6 Å². The molecule has 2 aromatic rings. The van der Waals surface area contributed by atoms with Crippen molar-refractivity contribution in [2.24, 2.45) is 0 Å². The first kappa shape index (κ1) is 15.3. The minimum Gasteiger partial charge on any atom is -0.379 e. The Kier molecular flexibility index (Phi) is 4.15. The first-order valence-corrected chi connectivity index (χ1v) is 7.54. The molecule has 0 heterocycles. The molecule has 2 rings (SSSR count). The summed E-state index contributed by atoms with van der Waals surface area (Å²) >= 11 is 5.88. The summed E-state index contributed by atoms with van der Waals surface area (Å²) in [6.07, 6.45) is 0. The van der Waals surface area contributed by atoms with Gasteiger partial charge in [0.1, 0.15) is 10.6 Å². The van der Waals surface area contributed by atoms with Crippen LogP contribution in [0.4, 0.5) is 5.69 Å². The molecule has 0 aliphatic carbocycles. The number of benzene rings is 2. The van der Waals surface area contributed by atoms with Gasteiger partial charge in [-0.2, -0.15) is 8.42 Å². The zero-order valence-corrected chi connectivity index (χ0v) is 12.4. The van der Waals surface area contributed by atoms with Gasteiger partial charge in [-0.1, -0.05) is 23.7 Å². The molecular weight excluding hydrogens is 318 g/mol. The molecule has 0 radical (unpaired) electrons. The van der Waals surface area contributed by atoms with Crippen molar-refractivity contribution >= 4 is 27.4 Å². The normalized spacial score (nSPS) is 11.1.